The largest absolute Gasteiger partial charge is 0.392 e. The second-order valence-corrected chi connectivity index (χ2v) is 9.46. The van der Waals surface area contributed by atoms with E-state index in [9.17, 15) is 9.90 Å². The number of fused-ring (bicyclic) bond motifs is 2. The van der Waals surface area contributed by atoms with Gasteiger partial charge in [-0.15, -0.1) is 0 Å². The highest BCUT2D eigenvalue weighted by Crippen LogP contribution is 2.72. The van der Waals surface area contributed by atoms with E-state index in [4.69, 9.17) is 4.74 Å². The first-order valence-corrected chi connectivity index (χ1v) is 9.43. The number of carbonyl (C=O) groups excluding carboxylic acids is 1. The minimum atomic E-state index is -0.540. The van der Waals surface area contributed by atoms with Crippen LogP contribution in [0.5, 0.6) is 0 Å². The van der Waals surface area contributed by atoms with Gasteiger partial charge >= 0.3 is 0 Å². The molecule has 1 aliphatic heterocycles. The van der Waals surface area contributed by atoms with Gasteiger partial charge in [0.25, 0.3) is 0 Å². The fourth-order valence-electron chi connectivity index (χ4n) is 7.72. The molecular formula is C20H28O3. The summed E-state index contributed by atoms with van der Waals surface area (Å²) in [4.78, 5) is 13.2. The van der Waals surface area contributed by atoms with Crippen LogP contribution in [0.1, 0.15) is 51.9 Å². The Hall–Kier alpha value is -0.670. The Balaban J connectivity index is 1.68. The van der Waals surface area contributed by atoms with Gasteiger partial charge in [0.2, 0.25) is 0 Å². The molecule has 0 aromatic heterocycles. The molecule has 6 rings (SSSR count). The van der Waals surface area contributed by atoms with Crippen molar-refractivity contribution in [2.75, 3.05) is 13.2 Å². The first-order valence-electron chi connectivity index (χ1n) is 9.43. The van der Waals surface area contributed by atoms with E-state index < -0.39 is 11.5 Å². The van der Waals surface area contributed by atoms with Gasteiger partial charge in [0.1, 0.15) is 0 Å². The van der Waals surface area contributed by atoms with Crippen molar-refractivity contribution in [3.05, 3.63) is 12.2 Å². The Morgan fingerprint density at radius 2 is 2.00 bits per heavy atom. The van der Waals surface area contributed by atoms with E-state index >= 15 is 0 Å². The van der Waals surface area contributed by atoms with Crippen molar-refractivity contribution in [2.24, 2.45) is 34.0 Å². The van der Waals surface area contributed by atoms with Gasteiger partial charge in [-0.25, -0.2) is 0 Å². The summed E-state index contributed by atoms with van der Waals surface area (Å²) in [5.41, 5.74) is 0.577. The van der Waals surface area contributed by atoms with Crippen molar-refractivity contribution in [2.45, 2.75) is 58.0 Å². The SMILES string of the molecule is C=C1C(=O)C23CC[C@@H]1CC2[C@@]12CCC[C@@](C)(COC1)C2C[C@H]3O. The van der Waals surface area contributed by atoms with Gasteiger partial charge in [0.15, 0.2) is 5.78 Å². The van der Waals surface area contributed by atoms with Crippen LogP contribution >= 0.6 is 0 Å². The molecule has 0 aromatic rings. The number of rotatable bonds is 0. The van der Waals surface area contributed by atoms with Crippen molar-refractivity contribution in [3.63, 3.8) is 0 Å². The van der Waals surface area contributed by atoms with Crippen molar-refractivity contribution in [1.29, 1.82) is 0 Å². The summed E-state index contributed by atoms with van der Waals surface area (Å²) >= 11 is 0. The normalized spacial score (nSPS) is 57.8. The number of ketones is 1. The maximum absolute atomic E-state index is 13.2. The lowest BCUT2D eigenvalue weighted by atomic mass is 9.35. The number of aliphatic hydroxyl groups excluding tert-OH is 1. The number of carbonyl (C=O) groups is 1. The Morgan fingerprint density at radius 1 is 1.17 bits per heavy atom. The van der Waals surface area contributed by atoms with E-state index in [1.54, 1.807) is 0 Å². The van der Waals surface area contributed by atoms with Gasteiger partial charge in [0, 0.05) is 5.41 Å². The maximum Gasteiger partial charge on any atom is 0.167 e. The number of aliphatic hydroxyl groups is 1. The van der Waals surface area contributed by atoms with E-state index in [2.05, 4.69) is 13.5 Å². The molecule has 0 aromatic carbocycles. The third kappa shape index (κ3) is 1.48. The molecule has 4 bridgehead atoms. The third-order valence-corrected chi connectivity index (χ3v) is 8.73. The van der Waals surface area contributed by atoms with Crippen molar-refractivity contribution >= 4 is 5.78 Å². The molecule has 3 unspecified atom stereocenters. The number of ether oxygens (including phenoxy) is 1. The number of hydrogen-bond acceptors (Lipinski definition) is 3. The van der Waals surface area contributed by atoms with Crippen molar-refractivity contribution in [3.8, 4) is 0 Å². The standard InChI is InChI=1S/C20H28O3/c1-12-13-4-7-20(17(12)22)15(8-13)19-6-3-5-18(2,10-23-11-19)14(19)9-16(20)21/h13-16,21H,1,3-11H2,2H3/t13-,14?,15?,16-,18+,19+,20?/m1/s1. The quantitative estimate of drug-likeness (QED) is 0.699. The van der Waals surface area contributed by atoms with Crippen molar-refractivity contribution in [1.82, 2.24) is 0 Å². The highest BCUT2D eigenvalue weighted by molar-refractivity contribution is 6.02. The zero-order chi connectivity index (χ0) is 16.0. The van der Waals surface area contributed by atoms with Gasteiger partial charge in [-0.2, -0.15) is 0 Å². The Morgan fingerprint density at radius 3 is 2.83 bits per heavy atom. The molecule has 3 nitrogen and oxygen atoms in total. The van der Waals surface area contributed by atoms with E-state index in [-0.39, 0.29) is 16.6 Å². The molecule has 7 atom stereocenters. The first kappa shape index (κ1) is 14.7. The lowest BCUT2D eigenvalue weighted by molar-refractivity contribution is -0.267. The molecule has 3 heteroatoms. The summed E-state index contributed by atoms with van der Waals surface area (Å²) < 4.78 is 6.14. The fourth-order valence-corrected chi connectivity index (χ4v) is 7.72. The molecule has 1 spiro atoms. The van der Waals surface area contributed by atoms with Crippen LogP contribution in [0.2, 0.25) is 0 Å². The van der Waals surface area contributed by atoms with Crippen LogP contribution in [0, 0.1) is 34.0 Å². The van der Waals surface area contributed by atoms with Gasteiger partial charge in [-0.05, 0) is 67.3 Å². The highest BCUT2D eigenvalue weighted by atomic mass is 16.5. The number of Topliss-reactive ketones (excluding diaryl/α,β-unsaturated/α-hetero) is 1. The molecule has 0 amide bonds. The average molecular weight is 316 g/mol. The molecule has 23 heavy (non-hydrogen) atoms. The molecule has 5 aliphatic carbocycles. The molecule has 6 aliphatic rings. The summed E-state index contributed by atoms with van der Waals surface area (Å²) in [6, 6.07) is 0. The molecule has 1 heterocycles. The van der Waals surface area contributed by atoms with Crippen LogP contribution in [0.4, 0.5) is 0 Å². The smallest absolute Gasteiger partial charge is 0.167 e. The zero-order valence-corrected chi connectivity index (χ0v) is 14.1. The van der Waals surface area contributed by atoms with Crippen LogP contribution in [0.3, 0.4) is 0 Å². The number of allylic oxidation sites excluding steroid dienone is 1. The van der Waals surface area contributed by atoms with Crippen LogP contribution in [-0.4, -0.2) is 30.2 Å². The fraction of sp³-hybridized carbons (Fsp3) is 0.850. The van der Waals surface area contributed by atoms with Crippen LogP contribution in [-0.2, 0) is 9.53 Å². The van der Waals surface area contributed by atoms with Crippen molar-refractivity contribution < 1.29 is 14.6 Å². The van der Waals surface area contributed by atoms with E-state index in [0.717, 1.165) is 44.5 Å². The highest BCUT2D eigenvalue weighted by Gasteiger charge is 2.72. The second kappa shape index (κ2) is 4.29. The Labute approximate surface area is 138 Å². The molecular weight excluding hydrogens is 288 g/mol. The summed E-state index contributed by atoms with van der Waals surface area (Å²) in [5.74, 6) is 1.37. The van der Waals surface area contributed by atoms with Gasteiger partial charge < -0.3 is 9.84 Å². The molecule has 6 fully saturated rings. The monoisotopic (exact) mass is 316 g/mol. The zero-order valence-electron chi connectivity index (χ0n) is 14.1. The van der Waals surface area contributed by atoms with Crippen LogP contribution in [0.15, 0.2) is 12.2 Å². The van der Waals surface area contributed by atoms with Gasteiger partial charge in [0.05, 0.1) is 24.7 Å². The molecule has 1 N–H and O–H groups in total. The molecule has 0 radical (unpaired) electrons. The summed E-state index contributed by atoms with van der Waals surface area (Å²) in [6.45, 7) is 8.09. The van der Waals surface area contributed by atoms with Crippen LogP contribution < -0.4 is 0 Å². The second-order valence-electron chi connectivity index (χ2n) is 9.46. The summed E-state index contributed by atoms with van der Waals surface area (Å²) in [5, 5.41) is 11.2. The molecule has 1 saturated heterocycles. The van der Waals surface area contributed by atoms with Gasteiger partial charge in [-0.3, -0.25) is 4.79 Å². The minimum Gasteiger partial charge on any atom is -0.392 e. The van der Waals surface area contributed by atoms with E-state index in [0.29, 0.717) is 17.8 Å². The maximum atomic E-state index is 13.2. The van der Waals surface area contributed by atoms with Crippen LogP contribution in [0.25, 0.3) is 0 Å². The molecule has 5 saturated carbocycles. The summed E-state index contributed by atoms with van der Waals surface area (Å²) in [6.07, 6.45) is 6.90. The predicted octanol–water partition coefficient (Wildman–Crippen LogP) is 3.12. The first-order chi connectivity index (χ1) is 10.9. The van der Waals surface area contributed by atoms with Gasteiger partial charge in [-0.1, -0.05) is 19.9 Å². The predicted molar refractivity (Wildman–Crippen MR) is 86.7 cm³/mol. The minimum absolute atomic E-state index is 0.125. The topological polar surface area (TPSA) is 46.5 Å². The summed E-state index contributed by atoms with van der Waals surface area (Å²) in [7, 11) is 0. The average Bonchev–Trinajstić information content (AvgIpc) is 2.52. The molecule has 126 valence electrons. The van der Waals surface area contributed by atoms with E-state index in [1.807, 2.05) is 0 Å². The van der Waals surface area contributed by atoms with E-state index in [1.165, 1.54) is 19.3 Å². The third-order valence-electron chi connectivity index (χ3n) is 8.73. The Bertz CT molecular complexity index is 584. The lowest BCUT2D eigenvalue weighted by Crippen LogP contribution is -2.71. The Kier molecular flexibility index (Phi) is 2.73. The number of hydrogen-bond donors (Lipinski definition) is 1. The lowest BCUT2D eigenvalue weighted by Gasteiger charge is -2.70.